The summed E-state index contributed by atoms with van der Waals surface area (Å²) in [6.45, 7) is 3.45. The van der Waals surface area contributed by atoms with Crippen molar-refractivity contribution in [1.82, 2.24) is 25.0 Å². The van der Waals surface area contributed by atoms with Crippen LogP contribution in [-0.4, -0.2) is 32.1 Å². The fourth-order valence-electron chi connectivity index (χ4n) is 3.78. The van der Waals surface area contributed by atoms with Gasteiger partial charge in [0, 0.05) is 25.1 Å². The van der Waals surface area contributed by atoms with Crippen LogP contribution in [0.3, 0.4) is 0 Å². The molecule has 1 aliphatic heterocycles. The van der Waals surface area contributed by atoms with Crippen molar-refractivity contribution in [1.29, 1.82) is 0 Å². The van der Waals surface area contributed by atoms with Gasteiger partial charge in [-0.2, -0.15) is 4.98 Å². The van der Waals surface area contributed by atoms with Crippen molar-refractivity contribution in [3.8, 4) is 11.5 Å². The molecular weight excluding hydrogens is 382 g/mol. The minimum absolute atomic E-state index is 0.0124. The Labute approximate surface area is 174 Å². The highest BCUT2D eigenvalue weighted by molar-refractivity contribution is 5.82. The van der Waals surface area contributed by atoms with Crippen LogP contribution in [0.2, 0.25) is 0 Å². The number of nitrogens with zero attached hydrogens (tertiary/aromatic N) is 4. The van der Waals surface area contributed by atoms with Gasteiger partial charge in [-0.3, -0.25) is 14.2 Å². The summed E-state index contributed by atoms with van der Waals surface area (Å²) in [5.74, 6) is 1.38. The number of fused-ring (bicyclic) bond motifs is 2. The number of carbonyl (C=O) groups excluding carboxylic acids is 1. The van der Waals surface area contributed by atoms with E-state index in [0.29, 0.717) is 34.7 Å². The van der Waals surface area contributed by atoms with Crippen molar-refractivity contribution < 1.29 is 9.32 Å². The highest BCUT2D eigenvalue weighted by Crippen LogP contribution is 2.22. The van der Waals surface area contributed by atoms with Gasteiger partial charge in [0.1, 0.15) is 5.82 Å². The highest BCUT2D eigenvalue weighted by atomic mass is 16.5. The van der Waals surface area contributed by atoms with E-state index < -0.39 is 0 Å². The number of aromatic nitrogens is 4. The predicted molar refractivity (Wildman–Crippen MR) is 113 cm³/mol. The van der Waals surface area contributed by atoms with E-state index in [9.17, 15) is 9.59 Å². The predicted octanol–water partition coefficient (Wildman–Crippen LogP) is 3.02. The van der Waals surface area contributed by atoms with Crippen LogP contribution in [0.4, 0.5) is 0 Å². The molecule has 1 aliphatic rings. The largest absolute Gasteiger partial charge is 0.356 e. The molecule has 1 N–H and O–H groups in total. The van der Waals surface area contributed by atoms with E-state index in [0.717, 1.165) is 50.9 Å². The third-order valence-corrected chi connectivity index (χ3v) is 5.45. The third kappa shape index (κ3) is 4.42. The highest BCUT2D eigenvalue weighted by Gasteiger charge is 2.16. The number of carbonyl (C=O) groups is 1. The van der Waals surface area contributed by atoms with E-state index in [1.807, 2.05) is 10.6 Å². The lowest BCUT2D eigenvalue weighted by Gasteiger charge is -2.16. The average Bonchev–Trinajstić information content (AvgIpc) is 3.18. The second-order valence-electron chi connectivity index (χ2n) is 7.78. The van der Waals surface area contributed by atoms with E-state index in [-0.39, 0.29) is 17.9 Å². The Balaban J connectivity index is 1.58. The lowest BCUT2D eigenvalue weighted by atomic mass is 10.1. The van der Waals surface area contributed by atoms with E-state index in [2.05, 4.69) is 22.4 Å². The normalized spacial score (nSPS) is 14.2. The minimum atomic E-state index is -0.123. The van der Waals surface area contributed by atoms with Gasteiger partial charge in [-0.05, 0) is 37.5 Å². The molecule has 0 radical (unpaired) electrons. The van der Waals surface area contributed by atoms with Crippen LogP contribution in [0.1, 0.15) is 57.1 Å². The molecule has 0 bridgehead atoms. The van der Waals surface area contributed by atoms with Gasteiger partial charge in [-0.15, -0.1) is 0 Å². The molecule has 0 aliphatic carbocycles. The van der Waals surface area contributed by atoms with E-state index >= 15 is 0 Å². The maximum absolute atomic E-state index is 12.9. The molecule has 0 atom stereocenters. The molecule has 4 rings (SSSR count). The Morgan fingerprint density at radius 1 is 1.20 bits per heavy atom. The van der Waals surface area contributed by atoms with Crippen molar-refractivity contribution in [2.24, 2.45) is 0 Å². The number of nitrogens with one attached hydrogen (secondary N) is 1. The smallest absolute Gasteiger partial charge is 0.261 e. The van der Waals surface area contributed by atoms with Gasteiger partial charge >= 0.3 is 0 Å². The van der Waals surface area contributed by atoms with Crippen LogP contribution in [-0.2, 0) is 24.2 Å². The van der Waals surface area contributed by atoms with E-state index in [1.54, 1.807) is 12.1 Å². The molecule has 8 nitrogen and oxygen atoms in total. The molecule has 2 aromatic heterocycles. The molecule has 158 valence electrons. The summed E-state index contributed by atoms with van der Waals surface area (Å²) in [4.78, 5) is 34.0. The summed E-state index contributed by atoms with van der Waals surface area (Å²) < 4.78 is 7.18. The van der Waals surface area contributed by atoms with E-state index in [4.69, 9.17) is 9.51 Å². The van der Waals surface area contributed by atoms with Crippen LogP contribution in [0.25, 0.3) is 22.4 Å². The lowest BCUT2D eigenvalue weighted by molar-refractivity contribution is -0.120. The third-order valence-electron chi connectivity index (χ3n) is 5.45. The Hall–Kier alpha value is -3.03. The van der Waals surface area contributed by atoms with Crippen molar-refractivity contribution in [3.05, 3.63) is 40.2 Å². The summed E-state index contributed by atoms with van der Waals surface area (Å²) in [7, 11) is 0. The molecule has 0 spiro atoms. The molecule has 30 heavy (non-hydrogen) atoms. The fraction of sp³-hybridized carbons (Fsp3) is 0.500. The maximum Gasteiger partial charge on any atom is 0.261 e. The van der Waals surface area contributed by atoms with Crippen LogP contribution in [0, 0.1) is 0 Å². The maximum atomic E-state index is 12.9. The number of hydrogen-bond acceptors (Lipinski definition) is 6. The topological polar surface area (TPSA) is 103 Å². The first-order valence-corrected chi connectivity index (χ1v) is 10.8. The molecule has 0 saturated heterocycles. The van der Waals surface area contributed by atoms with Gasteiger partial charge in [-0.25, -0.2) is 4.98 Å². The zero-order valence-corrected chi connectivity index (χ0v) is 17.3. The van der Waals surface area contributed by atoms with Crippen molar-refractivity contribution in [2.75, 3.05) is 6.54 Å². The molecule has 3 heterocycles. The van der Waals surface area contributed by atoms with Gasteiger partial charge < -0.3 is 9.84 Å². The van der Waals surface area contributed by atoms with Crippen molar-refractivity contribution >= 4 is 16.8 Å². The molecule has 3 aromatic rings. The SMILES string of the molecule is CCCCNC(=O)Cc1noc(-c2ccc3c(=O)n4c(nc3c2)CCCCCC4)n1. The van der Waals surface area contributed by atoms with Crippen LogP contribution >= 0.6 is 0 Å². The first-order valence-electron chi connectivity index (χ1n) is 10.8. The first kappa shape index (κ1) is 20.3. The summed E-state index contributed by atoms with van der Waals surface area (Å²) in [6, 6.07) is 5.38. The van der Waals surface area contributed by atoms with Gasteiger partial charge in [0.05, 0.1) is 17.3 Å². The Kier molecular flexibility index (Phi) is 6.21. The monoisotopic (exact) mass is 409 g/mol. The number of amides is 1. The van der Waals surface area contributed by atoms with Crippen LogP contribution in [0.15, 0.2) is 27.5 Å². The number of rotatable bonds is 6. The molecule has 0 unspecified atom stereocenters. The van der Waals surface area contributed by atoms with Gasteiger partial charge in [-0.1, -0.05) is 31.3 Å². The standard InChI is InChI=1S/C22H27N5O3/c1-2-3-11-23-20(28)14-18-25-21(30-26-18)15-9-10-16-17(13-15)24-19-8-6-4-5-7-12-27(19)22(16)29/h9-10,13H,2-8,11-12,14H2,1H3,(H,23,28). The number of benzene rings is 1. The van der Waals surface area contributed by atoms with E-state index in [1.165, 1.54) is 6.42 Å². The molecule has 8 heteroatoms. The molecular formula is C22H27N5O3. The van der Waals surface area contributed by atoms with Crippen molar-refractivity contribution in [2.45, 2.75) is 64.8 Å². The summed E-state index contributed by atoms with van der Waals surface area (Å²) in [5.41, 5.74) is 1.34. The second-order valence-corrected chi connectivity index (χ2v) is 7.78. The zero-order valence-electron chi connectivity index (χ0n) is 17.3. The minimum Gasteiger partial charge on any atom is -0.356 e. The summed E-state index contributed by atoms with van der Waals surface area (Å²) in [6.07, 6.45) is 7.23. The Bertz CT molecular complexity index is 1100. The second kappa shape index (κ2) is 9.19. The quantitative estimate of drug-likeness (QED) is 0.628. The van der Waals surface area contributed by atoms with Crippen molar-refractivity contribution in [3.63, 3.8) is 0 Å². The lowest BCUT2D eigenvalue weighted by Crippen LogP contribution is -2.26. The molecule has 0 saturated carbocycles. The number of hydrogen-bond donors (Lipinski definition) is 1. The Morgan fingerprint density at radius 2 is 2.07 bits per heavy atom. The fourth-order valence-corrected chi connectivity index (χ4v) is 3.78. The summed E-state index contributed by atoms with van der Waals surface area (Å²) in [5, 5.41) is 7.36. The molecule has 1 aromatic carbocycles. The van der Waals surface area contributed by atoms with Crippen LogP contribution < -0.4 is 10.9 Å². The van der Waals surface area contributed by atoms with Crippen LogP contribution in [0.5, 0.6) is 0 Å². The zero-order chi connectivity index (χ0) is 20.9. The molecule has 1 amide bonds. The summed E-state index contributed by atoms with van der Waals surface area (Å²) >= 11 is 0. The molecule has 0 fully saturated rings. The van der Waals surface area contributed by atoms with Gasteiger partial charge in [0.25, 0.3) is 11.4 Å². The van der Waals surface area contributed by atoms with Gasteiger partial charge in [0.2, 0.25) is 5.91 Å². The first-order chi connectivity index (χ1) is 14.7. The Morgan fingerprint density at radius 3 is 2.93 bits per heavy atom. The van der Waals surface area contributed by atoms with Gasteiger partial charge in [0.15, 0.2) is 5.82 Å². The number of aryl methyl sites for hydroxylation is 1. The number of unbranched alkanes of at least 4 members (excludes halogenated alkanes) is 1. The average molecular weight is 409 g/mol.